The molecule has 0 saturated carbocycles. The molecule has 1 N–H and O–H groups in total. The fourth-order valence-corrected chi connectivity index (χ4v) is 1.97. The largest absolute Gasteiger partial charge is 0.397 e. The zero-order chi connectivity index (χ0) is 9.82. The van der Waals surface area contributed by atoms with Gasteiger partial charge in [0.05, 0.1) is 0 Å². The third-order valence-corrected chi connectivity index (χ3v) is 3.12. The molecule has 0 radical (unpaired) electrons. The molecule has 0 aliphatic rings. The van der Waals surface area contributed by atoms with Crippen molar-refractivity contribution in [1.82, 2.24) is 0 Å². The Bertz CT molecular complexity index is 109. The van der Waals surface area contributed by atoms with Crippen LogP contribution in [0.3, 0.4) is 0 Å². The third kappa shape index (κ3) is 12.2. The fourth-order valence-electron chi connectivity index (χ4n) is 0.656. The molecule has 0 heterocycles. The second-order valence-corrected chi connectivity index (χ2v) is 4.19. The number of hydrogen-bond acceptors (Lipinski definition) is 4. The lowest BCUT2D eigenvalue weighted by molar-refractivity contribution is 0.214. The van der Waals surface area contributed by atoms with Gasteiger partial charge in [0, 0.05) is 13.2 Å². The molecule has 0 aliphatic heterocycles. The topological polar surface area (TPSA) is 59.4 Å². The Kier molecular flexibility index (Phi) is 15.4. The van der Waals surface area contributed by atoms with Gasteiger partial charge in [-0.1, -0.05) is 6.92 Å². The van der Waals surface area contributed by atoms with E-state index in [1.54, 1.807) is 0 Å². The molecular formula is C7H17NO3Si. The van der Waals surface area contributed by atoms with E-state index in [2.05, 4.69) is 6.92 Å². The van der Waals surface area contributed by atoms with Crippen LogP contribution in [0.25, 0.3) is 0 Å². The highest BCUT2D eigenvalue weighted by molar-refractivity contribution is 6.44. The fraction of sp³-hybridized carbons (Fsp3) is 0.857. The number of hydrogen-bond donors (Lipinski definition) is 1. The van der Waals surface area contributed by atoms with Crippen molar-refractivity contribution in [3.63, 3.8) is 0 Å². The van der Waals surface area contributed by atoms with Crippen molar-refractivity contribution in [3.8, 4) is 0 Å². The molecule has 0 atom stereocenters. The summed E-state index contributed by atoms with van der Waals surface area (Å²) in [5, 5.41) is 5.40. The first-order valence-electron chi connectivity index (χ1n) is 4.03. The molecule has 0 spiro atoms. The molecule has 72 valence electrons. The molecular weight excluding hydrogens is 174 g/mol. The molecule has 0 fully saturated rings. The van der Waals surface area contributed by atoms with Gasteiger partial charge in [-0.3, -0.25) is 0 Å². The Labute approximate surface area is 75.2 Å². The lowest BCUT2D eigenvalue weighted by Crippen LogP contribution is -2.21. The van der Waals surface area contributed by atoms with Crippen molar-refractivity contribution in [2.75, 3.05) is 13.2 Å². The molecule has 12 heavy (non-hydrogen) atoms. The van der Waals surface area contributed by atoms with Crippen molar-refractivity contribution < 1.29 is 13.6 Å². The predicted octanol–water partition coefficient (Wildman–Crippen LogP) is 1.20. The highest BCUT2D eigenvalue weighted by Gasteiger charge is 2.06. The molecule has 0 rings (SSSR count). The maximum absolute atomic E-state index is 8.35. The van der Waals surface area contributed by atoms with Gasteiger partial charge >= 0.3 is 9.28 Å². The minimum atomic E-state index is -1.21. The maximum Gasteiger partial charge on any atom is 0.321 e. The second-order valence-electron chi connectivity index (χ2n) is 1.85. The van der Waals surface area contributed by atoms with Crippen LogP contribution < -0.4 is 0 Å². The van der Waals surface area contributed by atoms with Gasteiger partial charge in [-0.05, 0) is 19.9 Å². The molecule has 0 amide bonds. The maximum atomic E-state index is 8.35. The lowest BCUT2D eigenvalue weighted by atomic mass is 10.9. The summed E-state index contributed by atoms with van der Waals surface area (Å²) in [6.45, 7) is 7.72. The standard InChI is InChI=1S/C6H16O2Si.CHNO/c1-4-7-9(6-3)8-5-2;2-1-3/h9H,4-6H2,1-3H3;2H. The molecule has 0 aromatic rings. The Hall–Kier alpha value is -0.483. The first kappa shape index (κ1) is 14.1. The first-order chi connectivity index (χ1) is 5.76. The Morgan fingerprint density at radius 2 is 1.58 bits per heavy atom. The van der Waals surface area contributed by atoms with Crippen molar-refractivity contribution in [2.24, 2.45) is 0 Å². The van der Waals surface area contributed by atoms with E-state index in [4.69, 9.17) is 19.1 Å². The zero-order valence-corrected chi connectivity index (χ0v) is 9.08. The summed E-state index contributed by atoms with van der Waals surface area (Å²) >= 11 is 0. The first-order valence-corrected chi connectivity index (χ1v) is 5.79. The second kappa shape index (κ2) is 13.1. The number of rotatable bonds is 5. The number of isocyanates is 1. The van der Waals surface area contributed by atoms with Crippen molar-refractivity contribution in [3.05, 3.63) is 0 Å². The molecule has 0 aromatic heterocycles. The smallest absolute Gasteiger partial charge is 0.321 e. The summed E-state index contributed by atoms with van der Waals surface area (Å²) < 4.78 is 10.7. The predicted molar refractivity (Wildman–Crippen MR) is 49.3 cm³/mol. The molecule has 0 unspecified atom stereocenters. The van der Waals surface area contributed by atoms with E-state index in [0.29, 0.717) is 0 Å². The van der Waals surface area contributed by atoms with Gasteiger partial charge in [-0.15, -0.1) is 0 Å². The van der Waals surface area contributed by atoms with Crippen molar-refractivity contribution in [1.29, 1.82) is 5.41 Å². The monoisotopic (exact) mass is 191 g/mol. The quantitative estimate of drug-likeness (QED) is 0.403. The molecule has 0 saturated heterocycles. The van der Waals surface area contributed by atoms with E-state index in [1.165, 1.54) is 0 Å². The number of carbonyl (C=O) groups excluding carboxylic acids is 1. The summed E-state index contributed by atoms with van der Waals surface area (Å²) in [7, 11) is -1.21. The summed E-state index contributed by atoms with van der Waals surface area (Å²) in [6, 6.07) is 1.07. The van der Waals surface area contributed by atoms with E-state index in [9.17, 15) is 0 Å². The average molecular weight is 191 g/mol. The summed E-state index contributed by atoms with van der Waals surface area (Å²) in [5.74, 6) is 0. The summed E-state index contributed by atoms with van der Waals surface area (Å²) in [5.41, 5.74) is 0. The molecule has 0 aliphatic carbocycles. The van der Waals surface area contributed by atoms with Gasteiger partial charge in [-0.2, -0.15) is 0 Å². The Morgan fingerprint density at radius 1 is 1.25 bits per heavy atom. The molecule has 5 heteroatoms. The van der Waals surface area contributed by atoms with E-state index in [1.807, 2.05) is 13.8 Å². The van der Waals surface area contributed by atoms with E-state index in [0.717, 1.165) is 25.3 Å². The van der Waals surface area contributed by atoms with E-state index < -0.39 is 9.28 Å². The van der Waals surface area contributed by atoms with E-state index >= 15 is 0 Å². The third-order valence-electron chi connectivity index (χ3n) is 1.04. The van der Waals surface area contributed by atoms with Crippen LogP contribution in [0.1, 0.15) is 20.8 Å². The van der Waals surface area contributed by atoms with Gasteiger partial charge < -0.3 is 8.85 Å². The van der Waals surface area contributed by atoms with Crippen LogP contribution in [0.5, 0.6) is 0 Å². The Morgan fingerprint density at radius 3 is 1.75 bits per heavy atom. The molecule has 0 aromatic carbocycles. The van der Waals surface area contributed by atoms with Crippen LogP contribution >= 0.6 is 0 Å². The van der Waals surface area contributed by atoms with Gasteiger partial charge in [0.1, 0.15) is 0 Å². The minimum absolute atomic E-state index is 0.750. The van der Waals surface area contributed by atoms with Crippen molar-refractivity contribution in [2.45, 2.75) is 26.8 Å². The van der Waals surface area contributed by atoms with Crippen molar-refractivity contribution >= 4 is 15.4 Å². The SMILES string of the molecule is CCO[SiH](CC)OCC.N=C=O. The number of nitrogens with one attached hydrogen (secondary N) is 1. The normalized spacial score (nSPS) is 8.67. The highest BCUT2D eigenvalue weighted by Crippen LogP contribution is 1.94. The molecule has 4 nitrogen and oxygen atoms in total. The van der Waals surface area contributed by atoms with Gasteiger partial charge in [-0.25, -0.2) is 10.2 Å². The summed E-state index contributed by atoms with van der Waals surface area (Å²) in [6.07, 6.45) is 0.750. The molecule has 0 bridgehead atoms. The van der Waals surface area contributed by atoms with Gasteiger partial charge in [0.2, 0.25) is 6.08 Å². The average Bonchev–Trinajstić information content (AvgIpc) is 2.05. The van der Waals surface area contributed by atoms with Gasteiger partial charge in [0.25, 0.3) is 0 Å². The van der Waals surface area contributed by atoms with Crippen LogP contribution in [0, 0.1) is 5.41 Å². The van der Waals surface area contributed by atoms with Crippen LogP contribution in [0.15, 0.2) is 0 Å². The van der Waals surface area contributed by atoms with E-state index in [-0.39, 0.29) is 0 Å². The lowest BCUT2D eigenvalue weighted by Gasteiger charge is -2.11. The van der Waals surface area contributed by atoms with Crippen LogP contribution in [-0.4, -0.2) is 28.6 Å². The van der Waals surface area contributed by atoms with Crippen LogP contribution in [0.4, 0.5) is 0 Å². The van der Waals surface area contributed by atoms with Crippen LogP contribution in [-0.2, 0) is 13.6 Å². The zero-order valence-electron chi connectivity index (χ0n) is 7.92. The summed E-state index contributed by atoms with van der Waals surface area (Å²) in [4.78, 5) is 8.35. The highest BCUT2D eigenvalue weighted by atomic mass is 28.3. The van der Waals surface area contributed by atoms with Crippen LogP contribution in [0.2, 0.25) is 6.04 Å². The minimum Gasteiger partial charge on any atom is -0.397 e. The van der Waals surface area contributed by atoms with Gasteiger partial charge in [0.15, 0.2) is 0 Å². The Balaban J connectivity index is 0.